The molecule has 0 saturated heterocycles. The third-order valence-corrected chi connectivity index (χ3v) is 2.21. The summed E-state index contributed by atoms with van der Waals surface area (Å²) in [5.74, 6) is -1.30. The fourth-order valence-electron chi connectivity index (χ4n) is 1.54. The number of nitrogens with one attached hydrogen (secondary N) is 2. The third-order valence-electron chi connectivity index (χ3n) is 2.21. The molecule has 0 saturated carbocycles. The van der Waals surface area contributed by atoms with E-state index in [-0.39, 0.29) is 5.96 Å². The van der Waals surface area contributed by atoms with E-state index in [2.05, 4.69) is 20.6 Å². The van der Waals surface area contributed by atoms with Crippen molar-refractivity contribution in [3.8, 4) is 0 Å². The SMILES string of the molecule is CC1(C)N=C(N)NC(Nc2ccc(F)c(F)c2)=N1. The highest BCUT2D eigenvalue weighted by atomic mass is 19.2. The molecule has 1 aliphatic rings. The Morgan fingerprint density at radius 1 is 1.22 bits per heavy atom. The number of rotatable bonds is 1. The second-order valence-corrected chi connectivity index (χ2v) is 4.33. The third kappa shape index (κ3) is 2.73. The summed E-state index contributed by atoms with van der Waals surface area (Å²) >= 11 is 0. The summed E-state index contributed by atoms with van der Waals surface area (Å²) < 4.78 is 25.8. The Bertz CT molecular complexity index is 536. The van der Waals surface area contributed by atoms with Crippen LogP contribution in [0, 0.1) is 11.6 Å². The number of hydrogen-bond donors (Lipinski definition) is 3. The average Bonchev–Trinajstić information content (AvgIpc) is 2.20. The lowest BCUT2D eigenvalue weighted by atomic mass is 10.2. The Kier molecular flexibility index (Phi) is 2.90. The van der Waals surface area contributed by atoms with E-state index in [4.69, 9.17) is 5.73 Å². The number of hydrogen-bond acceptors (Lipinski definition) is 5. The molecular weight excluding hydrogens is 240 g/mol. The largest absolute Gasteiger partial charge is 0.370 e. The van der Waals surface area contributed by atoms with Gasteiger partial charge >= 0.3 is 0 Å². The van der Waals surface area contributed by atoms with Crippen LogP contribution in [0.1, 0.15) is 13.8 Å². The van der Waals surface area contributed by atoms with Gasteiger partial charge in [0.05, 0.1) is 0 Å². The maximum atomic E-state index is 13.0. The predicted molar refractivity (Wildman–Crippen MR) is 66.3 cm³/mol. The molecule has 0 spiro atoms. The molecule has 0 aliphatic carbocycles. The first kappa shape index (κ1) is 12.3. The molecule has 2 rings (SSSR count). The smallest absolute Gasteiger partial charge is 0.205 e. The first-order valence-electron chi connectivity index (χ1n) is 5.30. The van der Waals surface area contributed by atoms with E-state index in [1.807, 2.05) is 0 Å². The van der Waals surface area contributed by atoms with Gasteiger partial charge in [-0.2, -0.15) is 0 Å². The maximum Gasteiger partial charge on any atom is 0.205 e. The van der Waals surface area contributed by atoms with Gasteiger partial charge in [-0.1, -0.05) is 0 Å². The summed E-state index contributed by atoms with van der Waals surface area (Å²) in [7, 11) is 0. The Hall–Kier alpha value is -2.18. The van der Waals surface area contributed by atoms with Crippen LogP contribution in [0.15, 0.2) is 28.2 Å². The molecule has 0 amide bonds. The lowest BCUT2D eigenvalue weighted by Gasteiger charge is -2.24. The van der Waals surface area contributed by atoms with Crippen molar-refractivity contribution < 1.29 is 8.78 Å². The molecule has 0 radical (unpaired) electrons. The fourth-order valence-corrected chi connectivity index (χ4v) is 1.54. The first-order chi connectivity index (χ1) is 8.35. The standard InChI is InChI=1S/C11H13F2N5/c1-11(2)17-9(14)16-10(18-11)15-6-3-4-7(12)8(13)5-6/h3-5H,1-2H3,(H4,14,15,16,17,18). The quantitative estimate of drug-likeness (QED) is 0.708. The van der Waals surface area contributed by atoms with Crippen LogP contribution in [0.4, 0.5) is 14.5 Å². The molecule has 4 N–H and O–H groups in total. The van der Waals surface area contributed by atoms with Gasteiger partial charge in [-0.05, 0) is 26.0 Å². The topological polar surface area (TPSA) is 74.8 Å². The van der Waals surface area contributed by atoms with Crippen molar-refractivity contribution in [2.75, 3.05) is 5.32 Å². The van der Waals surface area contributed by atoms with E-state index in [1.165, 1.54) is 6.07 Å². The molecule has 1 aromatic carbocycles. The number of guanidine groups is 2. The van der Waals surface area contributed by atoms with Crippen molar-refractivity contribution in [3.05, 3.63) is 29.8 Å². The summed E-state index contributed by atoms with van der Waals surface area (Å²) in [4.78, 5) is 8.28. The van der Waals surface area contributed by atoms with Crippen LogP contribution in [0.3, 0.4) is 0 Å². The summed E-state index contributed by atoms with van der Waals surface area (Å²) in [6.07, 6.45) is 0. The van der Waals surface area contributed by atoms with Gasteiger partial charge < -0.3 is 11.1 Å². The fraction of sp³-hybridized carbons (Fsp3) is 0.273. The van der Waals surface area contributed by atoms with Crippen LogP contribution < -0.4 is 16.4 Å². The summed E-state index contributed by atoms with van der Waals surface area (Å²) in [6.45, 7) is 3.54. The van der Waals surface area contributed by atoms with Gasteiger partial charge in [0.2, 0.25) is 5.96 Å². The molecule has 0 aromatic heterocycles. The normalized spacial score (nSPS) is 17.6. The summed E-state index contributed by atoms with van der Waals surface area (Å²) in [6, 6.07) is 3.47. The van der Waals surface area contributed by atoms with Crippen LogP contribution in [-0.2, 0) is 0 Å². The Labute approximate surface area is 103 Å². The van der Waals surface area contributed by atoms with E-state index >= 15 is 0 Å². The van der Waals surface area contributed by atoms with E-state index in [0.29, 0.717) is 11.6 Å². The molecule has 0 unspecified atom stereocenters. The molecule has 7 heteroatoms. The summed E-state index contributed by atoms with van der Waals surface area (Å²) in [5.41, 5.74) is 5.26. The van der Waals surface area contributed by atoms with Gasteiger partial charge in [0, 0.05) is 11.8 Å². The van der Waals surface area contributed by atoms with Crippen LogP contribution >= 0.6 is 0 Å². The molecule has 0 atom stereocenters. The van der Waals surface area contributed by atoms with Crippen LogP contribution in [0.2, 0.25) is 0 Å². The minimum Gasteiger partial charge on any atom is -0.370 e. The van der Waals surface area contributed by atoms with Crippen molar-refractivity contribution in [2.24, 2.45) is 15.7 Å². The zero-order valence-corrected chi connectivity index (χ0v) is 9.96. The molecule has 5 nitrogen and oxygen atoms in total. The van der Waals surface area contributed by atoms with Crippen molar-refractivity contribution in [1.29, 1.82) is 0 Å². The summed E-state index contributed by atoms with van der Waals surface area (Å²) in [5, 5.41) is 5.51. The van der Waals surface area contributed by atoms with Gasteiger partial charge in [-0.15, -0.1) is 0 Å². The highest BCUT2D eigenvalue weighted by Crippen LogP contribution is 2.16. The Morgan fingerprint density at radius 3 is 2.56 bits per heavy atom. The van der Waals surface area contributed by atoms with E-state index in [1.54, 1.807) is 13.8 Å². The second-order valence-electron chi connectivity index (χ2n) is 4.33. The van der Waals surface area contributed by atoms with E-state index < -0.39 is 17.3 Å². The highest BCUT2D eigenvalue weighted by molar-refractivity contribution is 6.06. The molecule has 0 fully saturated rings. The van der Waals surface area contributed by atoms with Gasteiger partial charge in [-0.25, -0.2) is 18.8 Å². The highest BCUT2D eigenvalue weighted by Gasteiger charge is 2.21. The Morgan fingerprint density at radius 2 is 1.94 bits per heavy atom. The lowest BCUT2D eigenvalue weighted by molar-refractivity contribution is 0.509. The van der Waals surface area contributed by atoms with Crippen molar-refractivity contribution in [1.82, 2.24) is 5.32 Å². The number of benzene rings is 1. The predicted octanol–water partition coefficient (Wildman–Crippen LogP) is 1.39. The number of nitrogens with two attached hydrogens (primary N) is 1. The Balaban J connectivity index is 2.19. The van der Waals surface area contributed by atoms with Crippen LogP contribution in [0.25, 0.3) is 0 Å². The minimum absolute atomic E-state index is 0.208. The van der Waals surface area contributed by atoms with Crippen molar-refractivity contribution in [2.45, 2.75) is 19.5 Å². The second kappa shape index (κ2) is 4.25. The van der Waals surface area contributed by atoms with Gasteiger partial charge in [-0.3, -0.25) is 5.32 Å². The molecule has 1 aromatic rings. The van der Waals surface area contributed by atoms with Crippen LogP contribution in [0.5, 0.6) is 0 Å². The first-order valence-corrected chi connectivity index (χ1v) is 5.30. The molecule has 1 heterocycles. The zero-order chi connectivity index (χ0) is 13.3. The average molecular weight is 253 g/mol. The molecule has 96 valence electrons. The van der Waals surface area contributed by atoms with E-state index in [9.17, 15) is 8.78 Å². The number of halogens is 2. The molecular formula is C11H13F2N5. The maximum absolute atomic E-state index is 13.0. The van der Waals surface area contributed by atoms with Crippen molar-refractivity contribution >= 4 is 17.6 Å². The van der Waals surface area contributed by atoms with Crippen LogP contribution in [-0.4, -0.2) is 17.6 Å². The van der Waals surface area contributed by atoms with Crippen molar-refractivity contribution in [3.63, 3.8) is 0 Å². The zero-order valence-electron chi connectivity index (χ0n) is 9.96. The van der Waals surface area contributed by atoms with Gasteiger partial charge in [0.15, 0.2) is 23.3 Å². The molecule has 0 bridgehead atoms. The number of nitrogens with zero attached hydrogens (tertiary/aromatic N) is 2. The number of aliphatic imine (C=N–C) groups is 2. The van der Waals surface area contributed by atoms with Gasteiger partial charge in [0.1, 0.15) is 0 Å². The minimum atomic E-state index is -0.933. The molecule has 1 aliphatic heterocycles. The van der Waals surface area contributed by atoms with E-state index in [0.717, 1.165) is 12.1 Å². The number of anilines is 1. The molecule has 18 heavy (non-hydrogen) atoms. The monoisotopic (exact) mass is 253 g/mol. The lowest BCUT2D eigenvalue weighted by Crippen LogP contribution is -2.47. The van der Waals surface area contributed by atoms with Gasteiger partial charge in [0.25, 0.3) is 0 Å².